The smallest absolute Gasteiger partial charge is 0.175 e. The van der Waals surface area contributed by atoms with Crippen molar-refractivity contribution in [2.75, 3.05) is 6.26 Å². The van der Waals surface area contributed by atoms with Crippen molar-refractivity contribution in [2.24, 2.45) is 0 Å². The van der Waals surface area contributed by atoms with Gasteiger partial charge in [-0.2, -0.15) is 0 Å². The number of nitrogens with one attached hydrogen (secondary N) is 1. The maximum Gasteiger partial charge on any atom is 0.175 e. The molecule has 0 fully saturated rings. The molecule has 0 amide bonds. The lowest BCUT2D eigenvalue weighted by molar-refractivity contribution is 0.574. The number of aryl methyl sites for hydroxylation is 1. The van der Waals surface area contributed by atoms with E-state index in [1.807, 2.05) is 6.92 Å². The summed E-state index contributed by atoms with van der Waals surface area (Å²) in [5.74, 6) is -1.20. The minimum Gasteiger partial charge on any atom is -0.358 e. The van der Waals surface area contributed by atoms with E-state index in [0.29, 0.717) is 17.5 Å². The highest BCUT2D eigenvalue weighted by atomic mass is 32.2. The van der Waals surface area contributed by atoms with Gasteiger partial charge in [-0.15, -0.1) is 0 Å². The first-order valence-electron chi connectivity index (χ1n) is 7.01. The molecule has 1 aromatic heterocycles. The van der Waals surface area contributed by atoms with Crippen LogP contribution in [0.4, 0.5) is 8.78 Å². The first kappa shape index (κ1) is 15.7. The Morgan fingerprint density at radius 3 is 2.48 bits per heavy atom. The Morgan fingerprint density at radius 1 is 1.09 bits per heavy atom. The molecule has 6 heteroatoms. The largest absolute Gasteiger partial charge is 0.358 e. The molecule has 0 saturated heterocycles. The van der Waals surface area contributed by atoms with Crippen LogP contribution in [0.15, 0.2) is 41.3 Å². The average molecular weight is 335 g/mol. The second-order valence-electron chi connectivity index (χ2n) is 5.62. The number of halogens is 2. The summed E-state index contributed by atoms with van der Waals surface area (Å²) in [5.41, 5.74) is 2.77. The summed E-state index contributed by atoms with van der Waals surface area (Å²) < 4.78 is 50.2. The van der Waals surface area contributed by atoms with Crippen LogP contribution >= 0.6 is 0 Å². The third kappa shape index (κ3) is 2.99. The minimum atomic E-state index is -3.29. The lowest BCUT2D eigenvalue weighted by Gasteiger charge is -2.05. The van der Waals surface area contributed by atoms with Crippen LogP contribution in [0.25, 0.3) is 10.9 Å². The molecular formula is C17H15F2NO2S. The van der Waals surface area contributed by atoms with Crippen molar-refractivity contribution in [1.82, 2.24) is 4.98 Å². The van der Waals surface area contributed by atoms with Crippen LogP contribution in [0, 0.1) is 18.6 Å². The zero-order valence-corrected chi connectivity index (χ0v) is 13.5. The van der Waals surface area contributed by atoms with Crippen LogP contribution in [0.5, 0.6) is 0 Å². The summed E-state index contributed by atoms with van der Waals surface area (Å²) in [6.07, 6.45) is 1.45. The van der Waals surface area contributed by atoms with Gasteiger partial charge in [-0.25, -0.2) is 17.2 Å². The van der Waals surface area contributed by atoms with Gasteiger partial charge in [0.2, 0.25) is 0 Å². The molecule has 3 aromatic rings. The lowest BCUT2D eigenvalue weighted by Crippen LogP contribution is -1.97. The summed E-state index contributed by atoms with van der Waals surface area (Å²) in [7, 11) is -3.29. The molecule has 3 nitrogen and oxygen atoms in total. The van der Waals surface area contributed by atoms with Crippen molar-refractivity contribution in [3.63, 3.8) is 0 Å². The normalized spacial score (nSPS) is 12.0. The van der Waals surface area contributed by atoms with Gasteiger partial charge in [0.1, 0.15) is 11.6 Å². The molecule has 0 spiro atoms. The van der Waals surface area contributed by atoms with Crippen LogP contribution < -0.4 is 0 Å². The number of hydrogen-bond acceptors (Lipinski definition) is 2. The molecule has 2 aromatic carbocycles. The first-order valence-corrected chi connectivity index (χ1v) is 8.90. The Labute approximate surface area is 132 Å². The summed E-state index contributed by atoms with van der Waals surface area (Å²) >= 11 is 0. The first-order chi connectivity index (χ1) is 10.8. The third-order valence-corrected chi connectivity index (χ3v) is 5.01. The summed E-state index contributed by atoms with van der Waals surface area (Å²) in [6.45, 7) is 1.84. The molecular weight excluding hydrogens is 320 g/mol. The number of hydrogen-bond donors (Lipinski definition) is 1. The standard InChI is InChI=1S/C17H15F2NO2S/c1-10-15(7-11-3-4-12(18)8-16(11)19)14-6-5-13(23(2,21)22)9-17(14)20-10/h3-6,8-9,20H,7H2,1-2H3. The van der Waals surface area contributed by atoms with Crippen molar-refractivity contribution in [2.45, 2.75) is 18.2 Å². The number of fused-ring (bicyclic) bond motifs is 1. The molecule has 0 saturated carbocycles. The van der Waals surface area contributed by atoms with E-state index < -0.39 is 21.5 Å². The predicted octanol–water partition coefficient (Wildman–Crippen LogP) is 3.75. The fourth-order valence-corrected chi connectivity index (χ4v) is 3.33. The average Bonchev–Trinajstić information content (AvgIpc) is 2.76. The molecule has 0 atom stereocenters. The zero-order valence-electron chi connectivity index (χ0n) is 12.7. The van der Waals surface area contributed by atoms with E-state index in [9.17, 15) is 17.2 Å². The number of rotatable bonds is 3. The van der Waals surface area contributed by atoms with Gasteiger partial charge >= 0.3 is 0 Å². The van der Waals surface area contributed by atoms with Gasteiger partial charge in [-0.1, -0.05) is 12.1 Å². The molecule has 3 rings (SSSR count). The number of sulfone groups is 1. The Bertz CT molecular complexity index is 1010. The third-order valence-electron chi connectivity index (χ3n) is 3.90. The molecule has 120 valence electrons. The minimum absolute atomic E-state index is 0.228. The highest BCUT2D eigenvalue weighted by molar-refractivity contribution is 7.90. The Balaban J connectivity index is 2.09. The van der Waals surface area contributed by atoms with E-state index in [1.54, 1.807) is 12.1 Å². The number of aromatic amines is 1. The second kappa shape index (κ2) is 5.45. The van der Waals surface area contributed by atoms with Crippen LogP contribution in [-0.4, -0.2) is 19.7 Å². The zero-order chi connectivity index (χ0) is 16.8. The van der Waals surface area contributed by atoms with Crippen molar-refractivity contribution >= 4 is 20.7 Å². The molecule has 1 heterocycles. The van der Waals surface area contributed by atoms with Crippen molar-refractivity contribution in [1.29, 1.82) is 0 Å². The Kier molecular flexibility index (Phi) is 3.72. The van der Waals surface area contributed by atoms with Gasteiger partial charge in [0, 0.05) is 35.3 Å². The van der Waals surface area contributed by atoms with Crippen LogP contribution in [-0.2, 0) is 16.3 Å². The van der Waals surface area contributed by atoms with E-state index >= 15 is 0 Å². The van der Waals surface area contributed by atoms with Crippen LogP contribution in [0.3, 0.4) is 0 Å². The quantitative estimate of drug-likeness (QED) is 0.792. The molecule has 0 unspecified atom stereocenters. The van der Waals surface area contributed by atoms with Gasteiger partial charge in [0.05, 0.1) is 4.90 Å². The maximum absolute atomic E-state index is 13.9. The van der Waals surface area contributed by atoms with E-state index in [0.717, 1.165) is 29.0 Å². The van der Waals surface area contributed by atoms with Crippen LogP contribution in [0.1, 0.15) is 16.8 Å². The van der Waals surface area contributed by atoms with Gasteiger partial charge in [0.25, 0.3) is 0 Å². The van der Waals surface area contributed by atoms with Crippen LogP contribution in [0.2, 0.25) is 0 Å². The van der Waals surface area contributed by atoms with Crippen molar-refractivity contribution in [3.05, 3.63) is 64.9 Å². The molecule has 23 heavy (non-hydrogen) atoms. The molecule has 0 radical (unpaired) electrons. The Morgan fingerprint density at radius 2 is 1.83 bits per heavy atom. The summed E-state index contributed by atoms with van der Waals surface area (Å²) in [4.78, 5) is 3.36. The van der Waals surface area contributed by atoms with Crippen molar-refractivity contribution < 1.29 is 17.2 Å². The van der Waals surface area contributed by atoms with Crippen molar-refractivity contribution in [3.8, 4) is 0 Å². The predicted molar refractivity (Wildman–Crippen MR) is 85.3 cm³/mol. The summed E-state index contributed by atoms with van der Waals surface area (Å²) in [6, 6.07) is 8.34. The van der Waals surface area contributed by atoms with Gasteiger partial charge < -0.3 is 4.98 Å². The molecule has 0 aliphatic carbocycles. The fraction of sp³-hybridized carbons (Fsp3) is 0.176. The second-order valence-corrected chi connectivity index (χ2v) is 7.64. The highest BCUT2D eigenvalue weighted by Crippen LogP contribution is 2.27. The molecule has 0 aliphatic heterocycles. The van der Waals surface area contributed by atoms with Gasteiger partial charge in [0.15, 0.2) is 9.84 Å². The highest BCUT2D eigenvalue weighted by Gasteiger charge is 2.14. The summed E-state index contributed by atoms with van der Waals surface area (Å²) in [5, 5.41) is 0.832. The monoisotopic (exact) mass is 335 g/mol. The maximum atomic E-state index is 13.9. The Hall–Kier alpha value is -2.21. The molecule has 0 aliphatic rings. The number of aromatic nitrogens is 1. The van der Waals surface area contributed by atoms with Gasteiger partial charge in [-0.05, 0) is 36.2 Å². The number of benzene rings is 2. The van der Waals surface area contributed by atoms with E-state index in [4.69, 9.17) is 0 Å². The lowest BCUT2D eigenvalue weighted by atomic mass is 10.0. The topological polar surface area (TPSA) is 49.9 Å². The van der Waals surface area contributed by atoms with E-state index in [1.165, 1.54) is 18.2 Å². The SMILES string of the molecule is Cc1[nH]c2cc(S(C)(=O)=O)ccc2c1Cc1ccc(F)cc1F. The molecule has 1 N–H and O–H groups in total. The fourth-order valence-electron chi connectivity index (χ4n) is 2.68. The van der Waals surface area contributed by atoms with Gasteiger partial charge in [-0.3, -0.25) is 0 Å². The van der Waals surface area contributed by atoms with E-state index in [-0.39, 0.29) is 4.90 Å². The number of H-pyrrole nitrogens is 1. The van der Waals surface area contributed by atoms with E-state index in [2.05, 4.69) is 4.98 Å². The molecule has 0 bridgehead atoms.